The summed E-state index contributed by atoms with van der Waals surface area (Å²) in [5, 5.41) is 25.1. The maximum Gasteiger partial charge on any atom is 0.235 e. The molecule has 8 atom stereocenters. The van der Waals surface area contributed by atoms with Gasteiger partial charge in [0, 0.05) is 23.8 Å². The quantitative estimate of drug-likeness (QED) is 0.462. The molecule has 2 fully saturated rings. The minimum Gasteiger partial charge on any atom is -0.388 e. The number of rotatable bonds is 2. The van der Waals surface area contributed by atoms with Crippen LogP contribution in [0.4, 0.5) is 0 Å². The molecule has 0 unspecified atom stereocenters. The molecule has 4 rings (SSSR count). The van der Waals surface area contributed by atoms with Crippen molar-refractivity contribution in [1.82, 2.24) is 5.32 Å². The highest BCUT2D eigenvalue weighted by molar-refractivity contribution is 6.14. The van der Waals surface area contributed by atoms with Crippen molar-refractivity contribution in [2.45, 2.75) is 51.4 Å². The summed E-state index contributed by atoms with van der Waals surface area (Å²) in [6.45, 7) is 9.11. The number of hydrogen-bond acceptors (Lipinski definition) is 5. The summed E-state index contributed by atoms with van der Waals surface area (Å²) in [4.78, 5) is 40.4. The molecule has 0 aromatic heterocycles. The molecular weight excluding hydrogens is 430 g/mol. The van der Waals surface area contributed by atoms with Crippen molar-refractivity contribution in [2.75, 3.05) is 0 Å². The first-order valence-electron chi connectivity index (χ1n) is 11.9. The van der Waals surface area contributed by atoms with Crippen LogP contribution in [0.3, 0.4) is 0 Å². The van der Waals surface area contributed by atoms with Gasteiger partial charge in [0.2, 0.25) is 5.91 Å². The molecule has 1 saturated heterocycles. The van der Waals surface area contributed by atoms with Crippen molar-refractivity contribution in [3.05, 3.63) is 72.4 Å². The Morgan fingerprint density at radius 3 is 2.50 bits per heavy atom. The lowest BCUT2D eigenvalue weighted by Gasteiger charge is -2.48. The van der Waals surface area contributed by atoms with E-state index in [1.54, 1.807) is 19.1 Å². The van der Waals surface area contributed by atoms with Gasteiger partial charge >= 0.3 is 0 Å². The predicted octanol–water partition coefficient (Wildman–Crippen LogP) is 2.55. The van der Waals surface area contributed by atoms with Gasteiger partial charge in [-0.3, -0.25) is 14.4 Å². The zero-order chi connectivity index (χ0) is 24.8. The van der Waals surface area contributed by atoms with E-state index in [1.807, 2.05) is 37.3 Å². The molecular formula is C28H33NO5. The molecule has 1 aliphatic heterocycles. The molecule has 6 heteroatoms. The summed E-state index contributed by atoms with van der Waals surface area (Å²) in [5.74, 6) is -3.44. The van der Waals surface area contributed by atoms with Gasteiger partial charge in [0.1, 0.15) is 11.0 Å². The number of ketones is 2. The van der Waals surface area contributed by atoms with E-state index in [0.29, 0.717) is 18.4 Å². The maximum atomic E-state index is 13.9. The largest absolute Gasteiger partial charge is 0.388 e. The average Bonchev–Trinajstić information content (AvgIpc) is 3.09. The van der Waals surface area contributed by atoms with Gasteiger partial charge in [-0.1, -0.05) is 62.9 Å². The van der Waals surface area contributed by atoms with Gasteiger partial charge < -0.3 is 15.5 Å². The SMILES string of the molecule is C=C1[C@@H](C)[C@H]2[C@H](Cc3ccccc3)NC(=O)[C@]23C(=O)C=C[C@@](C)(O)C(=O)[C@@H](C)CC=C[C@H]3[C@@H]1O. The number of hydrogen-bond donors (Lipinski definition) is 3. The second-order valence-corrected chi connectivity index (χ2v) is 10.3. The summed E-state index contributed by atoms with van der Waals surface area (Å²) in [6, 6.07) is 9.41. The Morgan fingerprint density at radius 1 is 1.15 bits per heavy atom. The number of nitrogens with one attached hydrogen (secondary N) is 1. The lowest BCUT2D eigenvalue weighted by molar-refractivity contribution is -0.148. The standard InChI is InChI=1S/C28H33NO5/c1-16-9-8-12-20-24(31)18(3)17(2)23-21(15-19-10-6-5-7-11-19)29-26(33)28(20,23)22(30)13-14-27(4,34)25(16)32/h5-8,10-14,16-17,20-21,23-24,31,34H,3,9,15H2,1-2,4H3,(H,29,33)/t16-,17+,20-,21-,23-,24+,27+,28+/m0/s1. The molecule has 1 spiro atoms. The van der Waals surface area contributed by atoms with Gasteiger partial charge in [-0.2, -0.15) is 0 Å². The molecule has 1 heterocycles. The second kappa shape index (κ2) is 8.75. The van der Waals surface area contributed by atoms with Gasteiger partial charge in [-0.15, -0.1) is 0 Å². The summed E-state index contributed by atoms with van der Waals surface area (Å²) in [6.07, 6.45) is 5.57. The fourth-order valence-corrected chi connectivity index (χ4v) is 6.18. The van der Waals surface area contributed by atoms with E-state index in [1.165, 1.54) is 19.1 Å². The lowest BCUT2D eigenvalue weighted by atomic mass is 9.52. The minimum atomic E-state index is -1.84. The highest BCUT2D eigenvalue weighted by Gasteiger charge is 2.68. The first-order chi connectivity index (χ1) is 16.0. The third kappa shape index (κ3) is 3.69. The van der Waals surface area contributed by atoms with Crippen LogP contribution in [0.2, 0.25) is 0 Å². The van der Waals surface area contributed by atoms with Crippen LogP contribution in [-0.4, -0.2) is 45.4 Å². The van der Waals surface area contributed by atoms with Crippen LogP contribution >= 0.6 is 0 Å². The Kier molecular flexibility index (Phi) is 6.25. The van der Waals surface area contributed by atoms with E-state index in [4.69, 9.17) is 0 Å². The van der Waals surface area contributed by atoms with Crippen molar-refractivity contribution in [3.8, 4) is 0 Å². The highest BCUT2D eigenvalue weighted by atomic mass is 16.3. The number of carbonyl (C=O) groups excluding carboxylic acids is 3. The maximum absolute atomic E-state index is 13.9. The third-order valence-electron chi connectivity index (χ3n) is 8.07. The molecule has 3 N–H and O–H groups in total. The Labute approximate surface area is 200 Å². The molecule has 3 aliphatic rings. The zero-order valence-corrected chi connectivity index (χ0v) is 19.9. The number of aliphatic hydroxyl groups excluding tert-OH is 1. The average molecular weight is 464 g/mol. The van der Waals surface area contributed by atoms with Crippen LogP contribution in [0.15, 0.2) is 66.8 Å². The first-order valence-corrected chi connectivity index (χ1v) is 11.9. The van der Waals surface area contributed by atoms with Crippen LogP contribution in [0.25, 0.3) is 0 Å². The van der Waals surface area contributed by atoms with E-state index in [-0.39, 0.29) is 12.0 Å². The predicted molar refractivity (Wildman–Crippen MR) is 128 cm³/mol. The van der Waals surface area contributed by atoms with Crippen LogP contribution in [-0.2, 0) is 20.8 Å². The summed E-state index contributed by atoms with van der Waals surface area (Å²) < 4.78 is 0. The third-order valence-corrected chi connectivity index (χ3v) is 8.07. The van der Waals surface area contributed by atoms with E-state index in [9.17, 15) is 24.6 Å². The Balaban J connectivity index is 1.88. The van der Waals surface area contributed by atoms with E-state index < -0.39 is 52.3 Å². The molecule has 180 valence electrons. The fraction of sp³-hybridized carbons (Fsp3) is 0.464. The molecule has 1 amide bonds. The van der Waals surface area contributed by atoms with Gasteiger partial charge in [-0.05, 0) is 49.0 Å². The van der Waals surface area contributed by atoms with E-state index in [2.05, 4.69) is 11.9 Å². The Morgan fingerprint density at radius 2 is 1.82 bits per heavy atom. The first kappa shape index (κ1) is 24.3. The number of carbonyl (C=O) groups is 3. The smallest absolute Gasteiger partial charge is 0.235 e. The fourth-order valence-electron chi connectivity index (χ4n) is 6.18. The van der Waals surface area contributed by atoms with Crippen molar-refractivity contribution < 1.29 is 24.6 Å². The lowest BCUT2D eigenvalue weighted by Crippen LogP contribution is -2.58. The number of amides is 1. The number of aliphatic hydroxyl groups is 2. The van der Waals surface area contributed by atoms with Crippen LogP contribution in [0.5, 0.6) is 0 Å². The van der Waals surface area contributed by atoms with Crippen molar-refractivity contribution in [1.29, 1.82) is 0 Å². The summed E-state index contributed by atoms with van der Waals surface area (Å²) in [7, 11) is 0. The second-order valence-electron chi connectivity index (χ2n) is 10.3. The number of allylic oxidation sites excluding steroid dienone is 2. The van der Waals surface area contributed by atoms with E-state index >= 15 is 0 Å². The van der Waals surface area contributed by atoms with E-state index in [0.717, 1.165) is 5.56 Å². The molecule has 1 saturated carbocycles. The van der Waals surface area contributed by atoms with Crippen LogP contribution in [0.1, 0.15) is 32.8 Å². The van der Waals surface area contributed by atoms with Crippen molar-refractivity contribution in [3.63, 3.8) is 0 Å². The van der Waals surface area contributed by atoms with Gasteiger partial charge in [0.15, 0.2) is 11.6 Å². The molecule has 6 nitrogen and oxygen atoms in total. The molecule has 0 radical (unpaired) electrons. The normalized spacial score (nSPS) is 40.4. The van der Waals surface area contributed by atoms with Crippen molar-refractivity contribution in [2.24, 2.45) is 29.1 Å². The Hall–Kier alpha value is -2.83. The van der Waals surface area contributed by atoms with Crippen LogP contribution < -0.4 is 5.32 Å². The van der Waals surface area contributed by atoms with Gasteiger partial charge in [0.05, 0.1) is 6.10 Å². The number of benzene rings is 1. The Bertz CT molecular complexity index is 1070. The van der Waals surface area contributed by atoms with Gasteiger partial charge in [0.25, 0.3) is 0 Å². The molecule has 1 aromatic rings. The zero-order valence-electron chi connectivity index (χ0n) is 19.9. The topological polar surface area (TPSA) is 104 Å². The minimum absolute atomic E-state index is 0.309. The molecule has 1 aromatic carbocycles. The summed E-state index contributed by atoms with van der Waals surface area (Å²) in [5.41, 5.74) is -1.79. The number of Topliss-reactive ketones (excluding diaryl/α,β-unsaturated/α-hetero) is 1. The highest BCUT2D eigenvalue weighted by Crippen LogP contribution is 2.56. The molecule has 34 heavy (non-hydrogen) atoms. The molecule has 2 aliphatic carbocycles. The summed E-state index contributed by atoms with van der Waals surface area (Å²) >= 11 is 0. The van der Waals surface area contributed by atoms with Crippen LogP contribution in [0, 0.1) is 29.1 Å². The van der Waals surface area contributed by atoms with Gasteiger partial charge in [-0.25, -0.2) is 0 Å². The molecule has 0 bridgehead atoms. The van der Waals surface area contributed by atoms with Crippen molar-refractivity contribution >= 4 is 17.5 Å². The monoisotopic (exact) mass is 463 g/mol.